The van der Waals surface area contributed by atoms with E-state index in [0.29, 0.717) is 16.9 Å². The quantitative estimate of drug-likeness (QED) is 0.0571. The summed E-state index contributed by atoms with van der Waals surface area (Å²) in [6.07, 6.45) is 2.97. The van der Waals surface area contributed by atoms with E-state index in [1.54, 1.807) is 30.4 Å². The van der Waals surface area contributed by atoms with Crippen molar-refractivity contribution < 1.29 is 28.2 Å². The van der Waals surface area contributed by atoms with E-state index in [1.807, 2.05) is 84.9 Å². The number of hydrogen-bond acceptors (Lipinski definition) is 12. The van der Waals surface area contributed by atoms with Crippen LogP contribution in [0, 0.1) is 0 Å². The van der Waals surface area contributed by atoms with Crippen molar-refractivity contribution >= 4 is 54.4 Å². The molecule has 0 saturated carbocycles. The summed E-state index contributed by atoms with van der Waals surface area (Å²) in [5.41, 5.74) is 8.56. The Bertz CT molecular complexity index is 2220. The summed E-state index contributed by atoms with van der Waals surface area (Å²) >= 11 is 12.0. The normalized spacial score (nSPS) is 18.9. The fourth-order valence-corrected chi connectivity index (χ4v) is 8.25. The number of fused-ring (bicyclic) bond motifs is 1. The minimum atomic E-state index is -2.56. The lowest BCUT2D eigenvalue weighted by atomic mass is 9.80. The molecule has 4 atom stereocenters. The number of hydrogen-bond donors (Lipinski definition) is 1. The van der Waals surface area contributed by atoms with E-state index in [9.17, 15) is 0 Å². The maximum Gasteiger partial charge on any atom is 0.378 e. The fourth-order valence-electron chi connectivity index (χ4n) is 6.60. The van der Waals surface area contributed by atoms with Crippen molar-refractivity contribution in [2.75, 3.05) is 19.5 Å². The number of benzene rings is 3. The van der Waals surface area contributed by atoms with E-state index in [0.717, 1.165) is 16.7 Å². The Morgan fingerprint density at radius 1 is 0.911 bits per heavy atom. The molecule has 3 aromatic carbocycles. The van der Waals surface area contributed by atoms with Crippen LogP contribution >= 0.6 is 23.8 Å². The number of rotatable bonds is 12. The van der Waals surface area contributed by atoms with Gasteiger partial charge in [-0.25, -0.2) is 9.97 Å². The zero-order valence-corrected chi connectivity index (χ0v) is 34.5. The number of aromatic nitrogens is 6. The van der Waals surface area contributed by atoms with Gasteiger partial charge in [-0.3, -0.25) is 4.57 Å². The molecule has 6 aromatic rings. The molecule has 56 heavy (non-hydrogen) atoms. The molecule has 1 fully saturated rings. The Morgan fingerprint density at radius 3 is 2.14 bits per heavy atom. The van der Waals surface area contributed by atoms with E-state index in [-0.39, 0.29) is 28.0 Å². The molecule has 0 amide bonds. The minimum Gasteiger partial charge on any atom is -0.497 e. The molecule has 3 aromatic heterocycles. The van der Waals surface area contributed by atoms with Gasteiger partial charge in [0.05, 0.1) is 26.2 Å². The van der Waals surface area contributed by atoms with Crippen LogP contribution in [0.5, 0.6) is 5.75 Å². The number of halogens is 1. The Kier molecular flexibility index (Phi) is 11.2. The largest absolute Gasteiger partial charge is 0.497 e. The fraction of sp³-hybridized carbons (Fsp3) is 0.325. The molecule has 4 heterocycles. The van der Waals surface area contributed by atoms with Gasteiger partial charge in [0.25, 0.3) is 0 Å². The third-order valence-electron chi connectivity index (χ3n) is 10.4. The molecule has 0 radical (unpaired) electrons. The lowest BCUT2D eigenvalue weighted by molar-refractivity contribution is -0.0943. The number of methoxy groups -OCH3 is 1. The van der Waals surface area contributed by atoms with Gasteiger partial charge in [-0.05, 0) is 58.6 Å². The predicted octanol–water partition coefficient (Wildman–Crippen LogP) is 7.36. The molecule has 0 bridgehead atoms. The number of nitrogens with two attached hydrogens (primary N) is 1. The number of ether oxygens (including phenoxy) is 4. The molecule has 0 spiro atoms. The van der Waals surface area contributed by atoms with Gasteiger partial charge in [-0.1, -0.05) is 93.6 Å². The molecule has 16 heteroatoms. The molecule has 292 valence electrons. The van der Waals surface area contributed by atoms with Gasteiger partial charge in [0.1, 0.15) is 35.4 Å². The maximum absolute atomic E-state index is 7.32. The molecule has 2 N–H and O–H groups in total. The molecule has 0 unspecified atom stereocenters. The second kappa shape index (κ2) is 15.9. The monoisotopic (exact) mass is 813 g/mol. The number of nitrogens with zero attached hydrogens (tertiary/aromatic N) is 6. The van der Waals surface area contributed by atoms with Crippen LogP contribution in [-0.2, 0) is 24.2 Å². The molecule has 1 saturated heterocycles. The lowest BCUT2D eigenvalue weighted by Crippen LogP contribution is -2.50. The van der Waals surface area contributed by atoms with E-state index in [2.05, 4.69) is 53.8 Å². The standard InChI is InChI=1S/C40H44ClN7O6SSi/c1-39(2,3)56(5,6)54-33-32(52-38(55)53-47-22-21-43-24-47)30(51-36(33)48-25-44-31-34(42)45-37(41)46-35(31)48)23-50-40(26-13-9-7-10-14-26,27-15-11-8-12-16-27)28-17-19-29(49-4)20-18-28/h7-22,24-25,30,32-33,36H,23H2,1-6H3,(H2,42,45,46)/t30-,32-,33-,36-/m1/s1. The third kappa shape index (κ3) is 7.75. The Balaban J connectivity index is 1.36. The van der Waals surface area contributed by atoms with Crippen LogP contribution in [0.2, 0.25) is 23.4 Å². The number of nitrogen functional groups attached to an aromatic ring is 1. The maximum atomic E-state index is 7.32. The van der Waals surface area contributed by atoms with Gasteiger partial charge in [0.2, 0.25) is 5.28 Å². The molecule has 1 aliphatic rings. The highest BCUT2D eigenvalue weighted by atomic mass is 35.5. The van der Waals surface area contributed by atoms with E-state index < -0.39 is 38.5 Å². The van der Waals surface area contributed by atoms with Gasteiger partial charge >= 0.3 is 5.24 Å². The summed E-state index contributed by atoms with van der Waals surface area (Å²) in [6, 6.07) is 28.0. The Morgan fingerprint density at radius 2 is 1.55 bits per heavy atom. The van der Waals surface area contributed by atoms with Gasteiger partial charge < -0.3 is 33.9 Å². The van der Waals surface area contributed by atoms with Gasteiger partial charge in [0.15, 0.2) is 32.1 Å². The van der Waals surface area contributed by atoms with Gasteiger partial charge in [-0.15, -0.1) is 0 Å². The Hall–Kier alpha value is -4.90. The highest BCUT2D eigenvalue weighted by molar-refractivity contribution is 7.79. The van der Waals surface area contributed by atoms with Gasteiger partial charge in [0, 0.05) is 18.4 Å². The molecule has 7 rings (SSSR count). The summed E-state index contributed by atoms with van der Waals surface area (Å²) in [5.74, 6) is 0.851. The first-order chi connectivity index (χ1) is 26.8. The van der Waals surface area contributed by atoms with Crippen molar-refractivity contribution in [2.45, 2.75) is 69.0 Å². The Labute approximate surface area is 336 Å². The first kappa shape index (κ1) is 39.3. The van der Waals surface area contributed by atoms with Crippen molar-refractivity contribution in [3.05, 3.63) is 132 Å². The number of thiocarbonyl (C=S) groups is 1. The molecule has 13 nitrogen and oxygen atoms in total. The zero-order chi connectivity index (χ0) is 39.7. The predicted molar refractivity (Wildman–Crippen MR) is 219 cm³/mol. The number of imidazole rings is 2. The van der Waals surface area contributed by atoms with Crippen molar-refractivity contribution in [1.82, 2.24) is 29.2 Å². The van der Waals surface area contributed by atoms with Crippen LogP contribution in [0.1, 0.15) is 43.7 Å². The van der Waals surface area contributed by atoms with Crippen LogP contribution in [0.3, 0.4) is 0 Å². The van der Waals surface area contributed by atoms with E-state index in [4.69, 9.17) is 57.8 Å². The van der Waals surface area contributed by atoms with Crippen LogP contribution in [0.4, 0.5) is 5.82 Å². The smallest absolute Gasteiger partial charge is 0.378 e. The first-order valence-electron chi connectivity index (χ1n) is 18.1. The van der Waals surface area contributed by atoms with Crippen LogP contribution in [0.15, 0.2) is 110 Å². The summed E-state index contributed by atoms with van der Waals surface area (Å²) in [7, 11) is -0.914. The average Bonchev–Trinajstić information content (AvgIpc) is 3.92. The highest BCUT2D eigenvalue weighted by Crippen LogP contribution is 2.46. The van der Waals surface area contributed by atoms with Crippen molar-refractivity contribution in [1.29, 1.82) is 0 Å². The molecule has 0 aliphatic carbocycles. The second-order valence-corrected chi connectivity index (χ2v) is 20.3. The third-order valence-corrected chi connectivity index (χ3v) is 15.2. The van der Waals surface area contributed by atoms with Crippen molar-refractivity contribution in [2.24, 2.45) is 0 Å². The van der Waals surface area contributed by atoms with Crippen molar-refractivity contribution in [3.8, 4) is 5.75 Å². The SMILES string of the molecule is COc1ccc(C(OC[C@H]2O[C@@H](n3cnc4c(N)nc(Cl)nc43)[C@H](O[Si](C)(C)C(C)(C)C)[C@@H]2OC(=S)On2ccnc2)(c2ccccc2)c2ccccc2)cc1. The van der Waals surface area contributed by atoms with Crippen LogP contribution in [0.25, 0.3) is 11.2 Å². The van der Waals surface area contributed by atoms with E-state index in [1.165, 1.54) is 11.1 Å². The first-order valence-corrected chi connectivity index (χ1v) is 21.8. The summed E-state index contributed by atoms with van der Waals surface area (Å²) in [4.78, 5) is 23.1. The minimum absolute atomic E-state index is 0.00649. The van der Waals surface area contributed by atoms with Crippen molar-refractivity contribution in [3.63, 3.8) is 0 Å². The molecule has 1 aliphatic heterocycles. The topological polar surface area (TPSA) is 143 Å². The summed E-state index contributed by atoms with van der Waals surface area (Å²) in [6.45, 7) is 10.8. The lowest BCUT2D eigenvalue weighted by Gasteiger charge is -2.40. The van der Waals surface area contributed by atoms with Gasteiger partial charge in [-0.2, -0.15) is 14.7 Å². The number of anilines is 1. The summed E-state index contributed by atoms with van der Waals surface area (Å²) < 4.78 is 36.8. The van der Waals surface area contributed by atoms with Crippen LogP contribution in [-0.4, -0.2) is 74.8 Å². The summed E-state index contributed by atoms with van der Waals surface area (Å²) in [5, 5.41) is -0.389. The average molecular weight is 814 g/mol. The van der Waals surface area contributed by atoms with Crippen LogP contribution < -0.4 is 15.3 Å². The second-order valence-electron chi connectivity index (χ2n) is 14.9. The molecular weight excluding hydrogens is 770 g/mol. The highest BCUT2D eigenvalue weighted by Gasteiger charge is 2.54. The zero-order valence-electron chi connectivity index (χ0n) is 31.9. The van der Waals surface area contributed by atoms with E-state index >= 15 is 0 Å². The molecular formula is C40H44ClN7O6SSi.